The fourth-order valence-electron chi connectivity index (χ4n) is 2.32. The molecular formula is C17H21BrN2O. The molecule has 2 rings (SSSR count). The van der Waals surface area contributed by atoms with Crippen molar-refractivity contribution < 1.29 is 4.79 Å². The second kappa shape index (κ2) is 7.57. The summed E-state index contributed by atoms with van der Waals surface area (Å²) in [4.78, 5) is 12.0. The molecule has 3 nitrogen and oxygen atoms in total. The first-order valence-corrected chi connectivity index (χ1v) is 8.07. The number of hydrogen-bond acceptors (Lipinski definition) is 2. The van der Waals surface area contributed by atoms with Gasteiger partial charge in [0.1, 0.15) is 0 Å². The zero-order valence-corrected chi connectivity index (χ0v) is 13.8. The fourth-order valence-corrected chi connectivity index (χ4v) is 2.70. The van der Waals surface area contributed by atoms with Crippen LogP contribution in [-0.2, 0) is 4.79 Å². The Bertz CT molecular complexity index is 627. The Hall–Kier alpha value is -1.39. The quantitative estimate of drug-likeness (QED) is 0.817. The second-order valence-corrected chi connectivity index (χ2v) is 6.39. The standard InChI is InChI=1S/C17H21BrN2O/c1-12(8-9-19)2-7-17(21)20-16-6-4-13-10-15(18)5-3-14(13)11-16/h3-6,10-12H,2,7-9,19H2,1H3,(H,20,21). The molecule has 2 aromatic rings. The molecule has 3 N–H and O–H groups in total. The first-order chi connectivity index (χ1) is 10.1. The number of nitrogens with one attached hydrogen (secondary N) is 1. The summed E-state index contributed by atoms with van der Waals surface area (Å²) in [6, 6.07) is 12.1. The van der Waals surface area contributed by atoms with Gasteiger partial charge in [0.05, 0.1) is 0 Å². The Morgan fingerprint density at radius 3 is 2.67 bits per heavy atom. The van der Waals surface area contributed by atoms with E-state index < -0.39 is 0 Å². The molecule has 112 valence electrons. The van der Waals surface area contributed by atoms with E-state index in [0.717, 1.165) is 33.8 Å². The van der Waals surface area contributed by atoms with Crippen LogP contribution < -0.4 is 11.1 Å². The van der Waals surface area contributed by atoms with Crippen LogP contribution in [-0.4, -0.2) is 12.5 Å². The molecule has 1 atom stereocenters. The number of nitrogens with two attached hydrogens (primary N) is 1. The molecule has 0 saturated carbocycles. The van der Waals surface area contributed by atoms with E-state index in [1.165, 1.54) is 0 Å². The lowest BCUT2D eigenvalue weighted by Gasteiger charge is -2.10. The van der Waals surface area contributed by atoms with E-state index in [2.05, 4.69) is 34.2 Å². The van der Waals surface area contributed by atoms with E-state index >= 15 is 0 Å². The molecule has 0 radical (unpaired) electrons. The summed E-state index contributed by atoms with van der Waals surface area (Å²) in [5.41, 5.74) is 6.37. The Morgan fingerprint density at radius 1 is 1.19 bits per heavy atom. The molecule has 1 unspecified atom stereocenters. The predicted molar refractivity (Wildman–Crippen MR) is 92.3 cm³/mol. The Labute approximate surface area is 134 Å². The topological polar surface area (TPSA) is 55.1 Å². The van der Waals surface area contributed by atoms with Crippen molar-refractivity contribution in [2.45, 2.75) is 26.2 Å². The molecule has 0 spiro atoms. The predicted octanol–water partition coefficient (Wildman–Crippen LogP) is 4.31. The maximum absolute atomic E-state index is 12.0. The van der Waals surface area contributed by atoms with E-state index in [4.69, 9.17) is 5.73 Å². The fraction of sp³-hybridized carbons (Fsp3) is 0.353. The number of fused-ring (bicyclic) bond motifs is 1. The summed E-state index contributed by atoms with van der Waals surface area (Å²) in [5.74, 6) is 0.560. The molecule has 21 heavy (non-hydrogen) atoms. The van der Waals surface area contributed by atoms with E-state index in [-0.39, 0.29) is 5.91 Å². The van der Waals surface area contributed by atoms with Gasteiger partial charge in [-0.05, 0) is 60.3 Å². The molecule has 1 amide bonds. The summed E-state index contributed by atoms with van der Waals surface area (Å²) in [5, 5.41) is 5.23. The highest BCUT2D eigenvalue weighted by atomic mass is 79.9. The van der Waals surface area contributed by atoms with Crippen LogP contribution in [0.2, 0.25) is 0 Å². The van der Waals surface area contributed by atoms with Crippen LogP contribution >= 0.6 is 15.9 Å². The largest absolute Gasteiger partial charge is 0.330 e. The van der Waals surface area contributed by atoms with E-state index in [0.29, 0.717) is 18.9 Å². The highest BCUT2D eigenvalue weighted by Gasteiger charge is 2.07. The smallest absolute Gasteiger partial charge is 0.224 e. The van der Waals surface area contributed by atoms with Gasteiger partial charge in [0.15, 0.2) is 0 Å². The highest BCUT2D eigenvalue weighted by Crippen LogP contribution is 2.23. The maximum atomic E-state index is 12.0. The molecule has 0 saturated heterocycles. The number of amides is 1. The molecule has 0 aliphatic rings. The van der Waals surface area contributed by atoms with Crippen molar-refractivity contribution in [3.8, 4) is 0 Å². The summed E-state index contributed by atoms with van der Waals surface area (Å²) in [6.45, 7) is 2.82. The number of hydrogen-bond donors (Lipinski definition) is 2. The van der Waals surface area contributed by atoms with Crippen LogP contribution in [0.5, 0.6) is 0 Å². The van der Waals surface area contributed by atoms with Crippen LogP contribution in [0, 0.1) is 5.92 Å². The number of benzene rings is 2. The zero-order valence-electron chi connectivity index (χ0n) is 12.2. The SMILES string of the molecule is CC(CCN)CCC(=O)Nc1ccc2cc(Br)ccc2c1. The molecular weight excluding hydrogens is 328 g/mol. The van der Waals surface area contributed by atoms with Crippen LogP contribution in [0.3, 0.4) is 0 Å². The van der Waals surface area contributed by atoms with Crippen molar-refractivity contribution in [2.24, 2.45) is 11.7 Å². The van der Waals surface area contributed by atoms with Gasteiger partial charge < -0.3 is 11.1 Å². The summed E-state index contributed by atoms with van der Waals surface area (Å²) in [7, 11) is 0. The molecule has 0 aromatic heterocycles. The van der Waals surface area contributed by atoms with Crippen molar-refractivity contribution in [1.82, 2.24) is 0 Å². The summed E-state index contributed by atoms with van der Waals surface area (Å²) >= 11 is 3.46. The number of rotatable bonds is 6. The van der Waals surface area contributed by atoms with Crippen molar-refractivity contribution >= 4 is 38.3 Å². The van der Waals surface area contributed by atoms with Gasteiger partial charge >= 0.3 is 0 Å². The lowest BCUT2D eigenvalue weighted by atomic mass is 10.0. The Kier molecular flexibility index (Phi) is 5.76. The number of anilines is 1. The number of carbonyl (C=O) groups is 1. The van der Waals surface area contributed by atoms with Crippen LogP contribution in [0.25, 0.3) is 10.8 Å². The average molecular weight is 349 g/mol. The normalized spacial score (nSPS) is 12.3. The number of halogens is 1. The van der Waals surface area contributed by atoms with Crippen molar-refractivity contribution in [3.05, 3.63) is 40.9 Å². The summed E-state index contributed by atoms with van der Waals surface area (Å²) < 4.78 is 1.06. The minimum Gasteiger partial charge on any atom is -0.330 e. The minimum atomic E-state index is 0.0651. The van der Waals surface area contributed by atoms with Gasteiger partial charge in [0.25, 0.3) is 0 Å². The van der Waals surface area contributed by atoms with Gasteiger partial charge in [-0.3, -0.25) is 4.79 Å². The van der Waals surface area contributed by atoms with Gasteiger partial charge in [-0.2, -0.15) is 0 Å². The molecule has 0 aliphatic carbocycles. The van der Waals surface area contributed by atoms with Gasteiger partial charge in [0.2, 0.25) is 5.91 Å². The third-order valence-corrected chi connectivity index (χ3v) is 4.10. The molecule has 2 aromatic carbocycles. The summed E-state index contributed by atoms with van der Waals surface area (Å²) in [6.07, 6.45) is 2.39. The monoisotopic (exact) mass is 348 g/mol. The second-order valence-electron chi connectivity index (χ2n) is 5.48. The van der Waals surface area contributed by atoms with Crippen molar-refractivity contribution in [3.63, 3.8) is 0 Å². The van der Waals surface area contributed by atoms with Gasteiger partial charge in [0, 0.05) is 16.6 Å². The molecule has 0 fully saturated rings. The Morgan fingerprint density at radius 2 is 1.90 bits per heavy atom. The van der Waals surface area contributed by atoms with Crippen molar-refractivity contribution in [1.29, 1.82) is 0 Å². The molecule has 0 aliphatic heterocycles. The molecule has 0 heterocycles. The number of carbonyl (C=O) groups excluding carboxylic acids is 1. The van der Waals surface area contributed by atoms with E-state index in [9.17, 15) is 4.79 Å². The maximum Gasteiger partial charge on any atom is 0.224 e. The van der Waals surface area contributed by atoms with Gasteiger partial charge in [-0.15, -0.1) is 0 Å². The van der Waals surface area contributed by atoms with Crippen LogP contribution in [0.15, 0.2) is 40.9 Å². The molecule has 0 bridgehead atoms. The lowest BCUT2D eigenvalue weighted by Crippen LogP contribution is -2.14. The van der Waals surface area contributed by atoms with Gasteiger partial charge in [-0.25, -0.2) is 0 Å². The third kappa shape index (κ3) is 4.83. The van der Waals surface area contributed by atoms with Crippen LogP contribution in [0.4, 0.5) is 5.69 Å². The third-order valence-electron chi connectivity index (χ3n) is 3.61. The van der Waals surface area contributed by atoms with Crippen molar-refractivity contribution in [2.75, 3.05) is 11.9 Å². The van der Waals surface area contributed by atoms with Gasteiger partial charge in [-0.1, -0.05) is 35.0 Å². The Balaban J connectivity index is 1.96. The van der Waals surface area contributed by atoms with Crippen LogP contribution in [0.1, 0.15) is 26.2 Å². The first-order valence-electron chi connectivity index (χ1n) is 7.27. The molecule has 4 heteroatoms. The van der Waals surface area contributed by atoms with E-state index in [1.807, 2.05) is 30.3 Å². The average Bonchev–Trinajstić information content (AvgIpc) is 2.46. The lowest BCUT2D eigenvalue weighted by molar-refractivity contribution is -0.116. The minimum absolute atomic E-state index is 0.0651. The van der Waals surface area contributed by atoms with E-state index in [1.54, 1.807) is 0 Å². The zero-order chi connectivity index (χ0) is 15.2. The highest BCUT2D eigenvalue weighted by molar-refractivity contribution is 9.10. The first kappa shape index (κ1) is 16.0.